The van der Waals surface area contributed by atoms with Crippen LogP contribution in [0.1, 0.15) is 51.3 Å². The highest BCUT2D eigenvalue weighted by atomic mass is 19.4. The van der Waals surface area contributed by atoms with Gasteiger partial charge in [-0.1, -0.05) is 12.1 Å². The monoisotopic (exact) mass is 710 g/mol. The summed E-state index contributed by atoms with van der Waals surface area (Å²) in [4.78, 5) is 30.8. The van der Waals surface area contributed by atoms with Gasteiger partial charge in [0.25, 0.3) is 0 Å². The molecule has 1 amide bonds. The summed E-state index contributed by atoms with van der Waals surface area (Å²) in [6.07, 6.45) is -9.42. The average Bonchev–Trinajstić information content (AvgIpc) is 3.72. The Balaban J connectivity index is 1.43. The molecule has 6 rings (SSSR count). The third-order valence-electron chi connectivity index (χ3n) is 8.62. The Morgan fingerprint density at radius 3 is 2.20 bits per heavy atom. The molecule has 0 radical (unpaired) electrons. The van der Waals surface area contributed by atoms with Crippen molar-refractivity contribution in [1.29, 1.82) is 0 Å². The molecule has 51 heavy (non-hydrogen) atoms. The molecule has 1 saturated heterocycles. The first-order valence-corrected chi connectivity index (χ1v) is 15.3. The van der Waals surface area contributed by atoms with E-state index in [1.807, 2.05) is 6.07 Å². The highest BCUT2D eigenvalue weighted by Gasteiger charge is 2.43. The molecule has 3 heterocycles. The topological polar surface area (TPSA) is 107 Å². The molecule has 264 valence electrons. The second-order valence-corrected chi connectivity index (χ2v) is 11.9. The number of hydrogen-bond acceptors (Lipinski definition) is 6. The molecular formula is C36H28F6N4O5. The van der Waals surface area contributed by atoms with Crippen molar-refractivity contribution in [3.63, 3.8) is 0 Å². The highest BCUT2D eigenvalue weighted by Crippen LogP contribution is 2.42. The van der Waals surface area contributed by atoms with Crippen LogP contribution in [0, 0.1) is 6.92 Å². The van der Waals surface area contributed by atoms with Crippen LogP contribution in [-0.4, -0.2) is 50.0 Å². The maximum Gasteiger partial charge on any atom is 0.416 e. The van der Waals surface area contributed by atoms with E-state index < -0.39 is 53.3 Å². The zero-order valence-electron chi connectivity index (χ0n) is 27.1. The number of nitrogens with zero attached hydrogens (tertiary/aromatic N) is 4. The normalized spacial score (nSPS) is 16.3. The van der Waals surface area contributed by atoms with Crippen LogP contribution in [-0.2, 0) is 23.6 Å². The number of aromatic nitrogens is 3. The Hall–Kier alpha value is -5.86. The van der Waals surface area contributed by atoms with Crippen molar-refractivity contribution < 1.29 is 50.5 Å². The first-order valence-electron chi connectivity index (χ1n) is 15.3. The van der Waals surface area contributed by atoms with E-state index in [4.69, 9.17) is 14.5 Å². The molecule has 1 aliphatic rings. The summed E-state index contributed by atoms with van der Waals surface area (Å²) >= 11 is 0. The van der Waals surface area contributed by atoms with E-state index >= 15 is 0 Å². The van der Waals surface area contributed by atoms with Crippen LogP contribution in [0.4, 0.5) is 31.1 Å². The fourth-order valence-electron chi connectivity index (χ4n) is 6.06. The predicted octanol–water partition coefficient (Wildman–Crippen LogP) is 8.74. The van der Waals surface area contributed by atoms with E-state index in [2.05, 4.69) is 5.10 Å². The van der Waals surface area contributed by atoms with Crippen LogP contribution in [0.2, 0.25) is 0 Å². The minimum Gasteiger partial charge on any atom is -0.496 e. The number of hydrogen-bond donors (Lipinski definition) is 1. The van der Waals surface area contributed by atoms with E-state index in [0.717, 1.165) is 5.56 Å². The van der Waals surface area contributed by atoms with Gasteiger partial charge in [0.05, 0.1) is 42.1 Å². The number of carboxylic acid groups (broad SMARTS) is 1. The molecule has 2 atom stereocenters. The van der Waals surface area contributed by atoms with Gasteiger partial charge in [0, 0.05) is 23.5 Å². The number of carbonyl (C=O) groups is 2. The minimum atomic E-state index is -5.09. The number of amides is 1. The molecule has 0 aliphatic carbocycles. The van der Waals surface area contributed by atoms with Crippen LogP contribution in [0.15, 0.2) is 85.2 Å². The van der Waals surface area contributed by atoms with Crippen LogP contribution >= 0.6 is 0 Å². The first-order chi connectivity index (χ1) is 24.0. The van der Waals surface area contributed by atoms with Crippen LogP contribution < -0.4 is 4.74 Å². The lowest BCUT2D eigenvalue weighted by atomic mass is 9.93. The van der Waals surface area contributed by atoms with E-state index in [-0.39, 0.29) is 18.2 Å². The summed E-state index contributed by atoms with van der Waals surface area (Å²) < 4.78 is 94.5. The van der Waals surface area contributed by atoms with E-state index in [9.17, 15) is 41.0 Å². The van der Waals surface area contributed by atoms with Crippen LogP contribution in [0.25, 0.3) is 28.1 Å². The summed E-state index contributed by atoms with van der Waals surface area (Å²) in [6.45, 7) is 2.98. The van der Waals surface area contributed by atoms with Crippen molar-refractivity contribution in [3.8, 4) is 33.8 Å². The van der Waals surface area contributed by atoms with Gasteiger partial charge in [-0.25, -0.2) is 19.3 Å². The number of carboxylic acids is 1. The Morgan fingerprint density at radius 1 is 0.922 bits per heavy atom. The number of ether oxygens (including phenoxy) is 2. The van der Waals surface area contributed by atoms with E-state index in [1.165, 1.54) is 35.9 Å². The molecule has 15 heteroatoms. The molecule has 9 nitrogen and oxygen atoms in total. The molecule has 1 N–H and O–H groups in total. The number of carbonyl (C=O) groups excluding carboxylic acids is 1. The number of alkyl halides is 6. The number of benzene rings is 3. The number of aryl methyl sites for hydroxylation is 1. The molecule has 2 unspecified atom stereocenters. The molecule has 5 aromatic rings. The van der Waals surface area contributed by atoms with Crippen LogP contribution in [0.3, 0.4) is 0 Å². The van der Waals surface area contributed by atoms with Crippen molar-refractivity contribution >= 4 is 12.1 Å². The number of rotatable bonds is 8. The summed E-state index contributed by atoms with van der Waals surface area (Å²) in [7, 11) is 1.46. The Kier molecular flexibility index (Phi) is 9.00. The average molecular weight is 711 g/mol. The molecule has 3 aromatic carbocycles. The molecule has 0 bridgehead atoms. The van der Waals surface area contributed by atoms with Crippen molar-refractivity contribution in [1.82, 2.24) is 19.7 Å². The smallest absolute Gasteiger partial charge is 0.416 e. The van der Waals surface area contributed by atoms with Crippen molar-refractivity contribution in [2.75, 3.05) is 7.11 Å². The summed E-state index contributed by atoms with van der Waals surface area (Å²) in [5, 5.41) is 13.6. The second-order valence-electron chi connectivity index (χ2n) is 11.9. The zero-order chi connectivity index (χ0) is 36.8. The SMILES string of the molecule is COc1ccc(-c2ccc(C(=O)O)cc2C)cc1-c1ccc(-n2cccn2)nc1CN1C(=O)OC(c2cc(C(F)(F)F)cc(C(F)(F)F)c2)C1C. The third-order valence-corrected chi connectivity index (χ3v) is 8.62. The lowest BCUT2D eigenvalue weighted by Crippen LogP contribution is -2.32. The van der Waals surface area contributed by atoms with Gasteiger partial charge in [-0.05, 0) is 96.8 Å². The Bertz CT molecular complexity index is 2100. The second kappa shape index (κ2) is 13.1. The number of cyclic esters (lactones) is 1. The molecule has 1 aliphatic heterocycles. The van der Waals surface area contributed by atoms with Gasteiger partial charge in [-0.3, -0.25) is 4.90 Å². The van der Waals surface area contributed by atoms with E-state index in [0.29, 0.717) is 51.6 Å². The van der Waals surface area contributed by atoms with Gasteiger partial charge >= 0.3 is 24.4 Å². The van der Waals surface area contributed by atoms with Gasteiger partial charge in [-0.2, -0.15) is 31.4 Å². The molecule has 0 saturated carbocycles. The summed E-state index contributed by atoms with van der Waals surface area (Å²) in [5.41, 5.74) is 0.0819. The van der Waals surface area contributed by atoms with Gasteiger partial charge in [0.1, 0.15) is 11.9 Å². The molecule has 1 fully saturated rings. The van der Waals surface area contributed by atoms with Gasteiger partial charge in [0.2, 0.25) is 0 Å². The fourth-order valence-corrected chi connectivity index (χ4v) is 6.06. The summed E-state index contributed by atoms with van der Waals surface area (Å²) in [6, 6.07) is 15.2. The van der Waals surface area contributed by atoms with E-state index in [1.54, 1.807) is 55.6 Å². The summed E-state index contributed by atoms with van der Waals surface area (Å²) in [5.74, 6) is -0.288. The zero-order valence-corrected chi connectivity index (χ0v) is 27.1. The molecular weight excluding hydrogens is 682 g/mol. The maximum atomic E-state index is 13.7. The largest absolute Gasteiger partial charge is 0.496 e. The Labute approximate surface area is 286 Å². The van der Waals surface area contributed by atoms with Crippen molar-refractivity contribution in [2.24, 2.45) is 0 Å². The molecule has 0 spiro atoms. The number of pyridine rings is 1. The quantitative estimate of drug-likeness (QED) is 0.161. The third kappa shape index (κ3) is 6.96. The lowest BCUT2D eigenvalue weighted by Gasteiger charge is -2.23. The first kappa shape index (κ1) is 35.0. The van der Waals surface area contributed by atoms with Crippen LogP contribution in [0.5, 0.6) is 5.75 Å². The maximum absolute atomic E-state index is 13.7. The molecule has 2 aromatic heterocycles. The lowest BCUT2D eigenvalue weighted by molar-refractivity contribution is -0.143. The Morgan fingerprint density at radius 2 is 1.61 bits per heavy atom. The van der Waals surface area contributed by atoms with Crippen molar-refractivity contribution in [3.05, 3.63) is 119 Å². The minimum absolute atomic E-state index is 0.0171. The standard InChI is InChI=1S/C36H28F6N4O5/c1-19-13-22(33(47)48)5-7-26(19)21-6-9-30(50-3)28(16-21)27-8-10-31(46-12-4-11-43-46)44-29(27)18-45-20(2)32(51-34(45)49)23-14-24(35(37,38)39)17-25(15-23)36(40,41)42/h4-17,20,32H,18H2,1-3H3,(H,47,48). The fraction of sp³-hybridized carbons (Fsp3) is 0.222. The predicted molar refractivity (Wildman–Crippen MR) is 171 cm³/mol. The van der Waals surface area contributed by atoms with Gasteiger partial charge < -0.3 is 14.6 Å². The van der Waals surface area contributed by atoms with Gasteiger partial charge in [0.15, 0.2) is 5.82 Å². The van der Waals surface area contributed by atoms with Crippen molar-refractivity contribution in [2.45, 2.75) is 44.9 Å². The highest BCUT2D eigenvalue weighted by molar-refractivity contribution is 5.89. The van der Waals surface area contributed by atoms with Gasteiger partial charge in [-0.15, -0.1) is 0 Å². The number of aromatic carboxylic acids is 1. The number of methoxy groups -OCH3 is 1. The number of halogens is 6.